The number of aliphatic hydroxyl groups excluding tert-OH is 11. The average molecular weight is 1580 g/mol. The van der Waals surface area contributed by atoms with Crippen LogP contribution in [0.1, 0.15) is 412 Å². The molecule has 1 amide bonds. The molecule has 0 aliphatic carbocycles. The van der Waals surface area contributed by atoms with Gasteiger partial charge in [-0.2, -0.15) is 0 Å². The highest BCUT2D eigenvalue weighted by molar-refractivity contribution is 5.76. The summed E-state index contributed by atoms with van der Waals surface area (Å²) in [5.41, 5.74) is 0. The van der Waals surface area contributed by atoms with Gasteiger partial charge >= 0.3 is 0 Å². The minimum Gasteiger partial charge on any atom is -0.394 e. The van der Waals surface area contributed by atoms with Crippen molar-refractivity contribution in [2.45, 2.75) is 516 Å². The number of amides is 1. The molecule has 17 unspecified atom stereocenters. The molecule has 3 aliphatic heterocycles. The summed E-state index contributed by atoms with van der Waals surface area (Å²) in [6, 6.07) is -0.997. The van der Waals surface area contributed by atoms with Gasteiger partial charge in [0.15, 0.2) is 18.9 Å². The van der Waals surface area contributed by atoms with Crippen LogP contribution < -0.4 is 5.32 Å². The van der Waals surface area contributed by atoms with Gasteiger partial charge < -0.3 is 89.9 Å². The summed E-state index contributed by atoms with van der Waals surface area (Å²) in [5.74, 6) is -0.281. The van der Waals surface area contributed by atoms with Crippen LogP contribution in [0.2, 0.25) is 0 Å². The number of hydrogen-bond acceptors (Lipinski definition) is 18. The van der Waals surface area contributed by atoms with E-state index >= 15 is 0 Å². The van der Waals surface area contributed by atoms with Crippen LogP contribution in [0.5, 0.6) is 0 Å². The molecule has 0 bridgehead atoms. The molecular weight excluding hydrogens is 1410 g/mol. The van der Waals surface area contributed by atoms with Gasteiger partial charge in [0.1, 0.15) is 73.2 Å². The van der Waals surface area contributed by atoms with E-state index in [9.17, 15) is 61.0 Å². The quantitative estimate of drug-likeness (QED) is 0.0199. The predicted octanol–water partition coefficient (Wildman–Crippen LogP) is 18.2. The van der Waals surface area contributed by atoms with Crippen molar-refractivity contribution in [2.24, 2.45) is 0 Å². The molecular formula is C92H173NO18. The van der Waals surface area contributed by atoms with E-state index in [4.69, 9.17) is 28.4 Å². The molecule has 111 heavy (non-hydrogen) atoms. The van der Waals surface area contributed by atoms with Crippen molar-refractivity contribution in [3.8, 4) is 0 Å². The molecule has 0 aromatic heterocycles. The van der Waals surface area contributed by atoms with Crippen molar-refractivity contribution in [1.29, 1.82) is 0 Å². The molecule has 3 fully saturated rings. The van der Waals surface area contributed by atoms with E-state index in [0.29, 0.717) is 12.8 Å². The van der Waals surface area contributed by atoms with Crippen LogP contribution in [0.15, 0.2) is 36.5 Å². The summed E-state index contributed by atoms with van der Waals surface area (Å²) in [4.78, 5) is 13.5. The third-order valence-corrected chi connectivity index (χ3v) is 23.4. The SMILES string of the molecule is CCCCCCCCCCCCCCCCCC/C=C/CC/C=C/CC/C=C/C(O)C(COC1OC(CO)C(OC2OC(CO)C(OC3OC(CO)C(O)C(O)C3O)C(O)C2O)C(O)C1O)NC(=O)CCCCCCCCCCCCCCCCCCCCCCCCCCCCCCCCCCCCCCCCCC. The van der Waals surface area contributed by atoms with Gasteiger partial charge in [-0.15, -0.1) is 0 Å². The van der Waals surface area contributed by atoms with Gasteiger partial charge in [-0.25, -0.2) is 0 Å². The molecule has 19 heteroatoms. The Morgan fingerprint density at radius 2 is 0.577 bits per heavy atom. The normalized spacial score (nSPS) is 25.1. The van der Waals surface area contributed by atoms with Crippen molar-refractivity contribution < 1.29 is 89.4 Å². The van der Waals surface area contributed by atoms with Crippen LogP contribution in [0.25, 0.3) is 0 Å². The molecule has 3 saturated heterocycles. The first-order valence-corrected chi connectivity index (χ1v) is 46.7. The monoisotopic (exact) mass is 1580 g/mol. The molecule has 0 aromatic rings. The Balaban J connectivity index is 1.30. The molecule has 3 aliphatic rings. The molecule has 19 nitrogen and oxygen atoms in total. The van der Waals surface area contributed by atoms with E-state index in [1.54, 1.807) is 6.08 Å². The largest absolute Gasteiger partial charge is 0.394 e. The van der Waals surface area contributed by atoms with Gasteiger partial charge in [0.25, 0.3) is 0 Å². The van der Waals surface area contributed by atoms with Gasteiger partial charge in [-0.3, -0.25) is 4.79 Å². The minimum absolute atomic E-state index is 0.237. The predicted molar refractivity (Wildman–Crippen MR) is 448 cm³/mol. The number of ether oxygens (including phenoxy) is 6. The van der Waals surface area contributed by atoms with Gasteiger partial charge in [-0.1, -0.05) is 397 Å². The maximum atomic E-state index is 13.5. The van der Waals surface area contributed by atoms with E-state index in [0.717, 1.165) is 44.9 Å². The fourth-order valence-electron chi connectivity index (χ4n) is 16.0. The number of carbonyl (C=O) groups excluding carboxylic acids is 1. The average Bonchev–Trinajstić information content (AvgIpc) is 0.781. The van der Waals surface area contributed by atoms with Crippen molar-refractivity contribution in [3.05, 3.63) is 36.5 Å². The van der Waals surface area contributed by atoms with E-state index in [2.05, 4.69) is 43.5 Å². The number of aliphatic hydroxyl groups is 11. The lowest BCUT2D eigenvalue weighted by Gasteiger charge is -2.48. The van der Waals surface area contributed by atoms with Gasteiger partial charge in [0.05, 0.1) is 38.6 Å². The van der Waals surface area contributed by atoms with E-state index in [-0.39, 0.29) is 18.9 Å². The number of hydrogen-bond donors (Lipinski definition) is 12. The highest BCUT2D eigenvalue weighted by Crippen LogP contribution is 2.34. The molecule has 3 heterocycles. The summed E-state index contributed by atoms with van der Waals surface area (Å²) in [5, 5.41) is 121. The summed E-state index contributed by atoms with van der Waals surface area (Å²) in [6.07, 6.45) is 66.2. The molecule has 12 N–H and O–H groups in total. The lowest BCUT2D eigenvalue weighted by atomic mass is 9.96. The van der Waals surface area contributed by atoms with Crippen molar-refractivity contribution in [3.63, 3.8) is 0 Å². The standard InChI is InChI=1S/C92H173NO18/c1-3-5-7-9-11-13-15-17-19-21-23-25-27-29-31-32-33-34-35-36-37-38-39-40-41-42-43-44-46-48-50-52-54-56-58-60-62-64-66-68-70-80(98)93-75(76(97)69-67-65-63-61-59-57-55-53-51-49-47-45-30-28-26-24-22-20-18-16-14-12-10-8-6-4-2)74-106-90-86(104)83(101)88(78(72-95)108-90)111-92-87(105)84(102)89(79(73-96)109-92)110-91-85(103)82(100)81(99)77(71-94)107-91/h51,53,59,61,67,69,75-79,81-92,94-97,99-105H,3-50,52,54-58,60,62-66,68,70-74H2,1-2H3,(H,93,98)/b53-51+,61-59+,69-67+. The van der Waals surface area contributed by atoms with Crippen LogP contribution in [0.3, 0.4) is 0 Å². The number of allylic oxidation sites excluding steroid dienone is 5. The first-order valence-electron chi connectivity index (χ1n) is 46.7. The first kappa shape index (κ1) is 103. The Morgan fingerprint density at radius 1 is 0.315 bits per heavy atom. The first-order chi connectivity index (χ1) is 54.3. The second-order valence-electron chi connectivity index (χ2n) is 33.5. The highest BCUT2D eigenvalue weighted by Gasteiger charge is 2.54. The Bertz CT molecular complexity index is 2140. The molecule has 17 atom stereocenters. The summed E-state index contributed by atoms with van der Waals surface area (Å²) < 4.78 is 34.5. The molecule has 0 aromatic carbocycles. The third kappa shape index (κ3) is 50.5. The number of carbonyl (C=O) groups is 1. The van der Waals surface area contributed by atoms with E-state index in [1.165, 1.54) is 334 Å². The molecule has 3 rings (SSSR count). The number of unbranched alkanes of at least 4 members (excludes halogenated alkanes) is 57. The smallest absolute Gasteiger partial charge is 0.220 e. The topological polar surface area (TPSA) is 307 Å². The molecule has 654 valence electrons. The zero-order valence-electron chi connectivity index (χ0n) is 70.7. The summed E-state index contributed by atoms with van der Waals surface area (Å²) in [7, 11) is 0. The van der Waals surface area contributed by atoms with Crippen molar-refractivity contribution in [2.75, 3.05) is 26.4 Å². The molecule has 0 saturated carbocycles. The minimum atomic E-state index is -1.98. The van der Waals surface area contributed by atoms with E-state index < -0.39 is 124 Å². The second-order valence-corrected chi connectivity index (χ2v) is 33.5. The van der Waals surface area contributed by atoms with Gasteiger partial charge in [0.2, 0.25) is 5.91 Å². The maximum Gasteiger partial charge on any atom is 0.220 e. The summed E-state index contributed by atoms with van der Waals surface area (Å²) >= 11 is 0. The second kappa shape index (κ2) is 72.1. The molecule has 0 spiro atoms. The van der Waals surface area contributed by atoms with Gasteiger partial charge in [0, 0.05) is 6.42 Å². The zero-order valence-corrected chi connectivity index (χ0v) is 70.7. The highest BCUT2D eigenvalue weighted by atomic mass is 16.8. The van der Waals surface area contributed by atoms with Crippen molar-refractivity contribution >= 4 is 5.91 Å². The zero-order chi connectivity index (χ0) is 80.3. The van der Waals surface area contributed by atoms with Crippen molar-refractivity contribution in [1.82, 2.24) is 5.32 Å². The molecule has 0 radical (unpaired) electrons. The van der Waals surface area contributed by atoms with Crippen LogP contribution in [-0.2, 0) is 33.2 Å². The summed E-state index contributed by atoms with van der Waals surface area (Å²) in [6.45, 7) is 1.78. The lowest BCUT2D eigenvalue weighted by molar-refractivity contribution is -0.379. The Morgan fingerprint density at radius 3 is 0.901 bits per heavy atom. The Labute approximate surface area is 676 Å². The Hall–Kier alpha value is -1.99. The van der Waals surface area contributed by atoms with E-state index in [1.807, 2.05) is 6.08 Å². The van der Waals surface area contributed by atoms with Crippen LogP contribution in [0.4, 0.5) is 0 Å². The Kier molecular flexibility index (Phi) is 67.0. The van der Waals surface area contributed by atoms with Crippen LogP contribution in [-0.4, -0.2) is 193 Å². The van der Waals surface area contributed by atoms with Crippen LogP contribution >= 0.6 is 0 Å². The fourth-order valence-corrected chi connectivity index (χ4v) is 16.0. The lowest BCUT2D eigenvalue weighted by Crippen LogP contribution is -2.66. The third-order valence-electron chi connectivity index (χ3n) is 23.4. The number of nitrogens with one attached hydrogen (secondary N) is 1. The number of rotatable bonds is 77. The fraction of sp³-hybridized carbons (Fsp3) is 0.924. The van der Waals surface area contributed by atoms with Gasteiger partial charge in [-0.05, 0) is 44.9 Å². The van der Waals surface area contributed by atoms with Crippen LogP contribution in [0, 0.1) is 0 Å². The maximum absolute atomic E-state index is 13.5.